The molecular formula is C30H38N2O7. The first-order valence-electron chi connectivity index (χ1n) is 13.1. The van der Waals surface area contributed by atoms with Crippen molar-refractivity contribution in [2.45, 2.75) is 98.6 Å². The van der Waals surface area contributed by atoms with Gasteiger partial charge in [-0.3, -0.25) is 0 Å². The van der Waals surface area contributed by atoms with Crippen LogP contribution >= 0.6 is 0 Å². The van der Waals surface area contributed by atoms with Gasteiger partial charge in [-0.15, -0.1) is 0 Å². The Kier molecular flexibility index (Phi) is 7.31. The van der Waals surface area contributed by atoms with Crippen LogP contribution in [0.15, 0.2) is 34.9 Å². The van der Waals surface area contributed by atoms with E-state index in [1.165, 1.54) is 5.56 Å². The Morgan fingerprint density at radius 2 is 1.64 bits per heavy atom. The number of amides is 2. The Hall–Kier alpha value is -3.75. The zero-order chi connectivity index (χ0) is 28.8. The molecule has 0 atom stereocenters. The molecule has 4 rings (SSSR count). The van der Waals surface area contributed by atoms with E-state index in [-0.39, 0.29) is 18.0 Å². The summed E-state index contributed by atoms with van der Waals surface area (Å²) in [6, 6.07) is 9.51. The smallest absolute Gasteiger partial charge is 0.425 e. The standard InChI is InChI=1S/C30H38N2O7/c1-18-14-22-24(15-20(18)17-35-21-11-10-19-12-13-30(8,9)36-23(19)16-21)39-31-25(22)32(26(33)37-28(2,3)4)27(34)38-29(5,6)7/h10-11,14-16H,12-13,17H2,1-9H3. The molecule has 0 bridgehead atoms. The Morgan fingerprint density at radius 1 is 1.00 bits per heavy atom. The number of aryl methyl sites for hydroxylation is 2. The van der Waals surface area contributed by atoms with E-state index in [1.54, 1.807) is 53.7 Å². The normalized spacial score (nSPS) is 14.8. The van der Waals surface area contributed by atoms with Crippen LogP contribution in [-0.4, -0.2) is 34.1 Å². The minimum absolute atomic E-state index is 0.00137. The van der Waals surface area contributed by atoms with E-state index in [1.807, 2.05) is 25.1 Å². The minimum atomic E-state index is -0.908. The van der Waals surface area contributed by atoms with Crippen molar-refractivity contribution < 1.29 is 33.1 Å². The average molecular weight is 539 g/mol. The van der Waals surface area contributed by atoms with Crippen LogP contribution in [0.1, 0.15) is 78.5 Å². The first-order chi connectivity index (χ1) is 18.0. The Balaban J connectivity index is 1.60. The third-order valence-corrected chi connectivity index (χ3v) is 6.09. The van der Waals surface area contributed by atoms with Crippen LogP contribution in [0.5, 0.6) is 11.5 Å². The Labute approximate surface area is 229 Å². The third kappa shape index (κ3) is 6.82. The van der Waals surface area contributed by atoms with Crippen LogP contribution in [-0.2, 0) is 22.5 Å². The number of ether oxygens (including phenoxy) is 4. The van der Waals surface area contributed by atoms with Crippen LogP contribution in [0.2, 0.25) is 0 Å². The molecule has 2 heterocycles. The second-order valence-electron chi connectivity index (χ2n) is 12.5. The van der Waals surface area contributed by atoms with E-state index in [0.717, 1.165) is 34.6 Å². The summed E-state index contributed by atoms with van der Waals surface area (Å²) in [6.07, 6.45) is 0.123. The van der Waals surface area contributed by atoms with Gasteiger partial charge >= 0.3 is 12.2 Å². The molecule has 210 valence electrons. The van der Waals surface area contributed by atoms with Crippen molar-refractivity contribution in [2.75, 3.05) is 4.90 Å². The summed E-state index contributed by atoms with van der Waals surface area (Å²) < 4.78 is 28.7. The molecule has 0 spiro atoms. The third-order valence-electron chi connectivity index (χ3n) is 6.09. The molecule has 0 fully saturated rings. The van der Waals surface area contributed by atoms with Crippen LogP contribution in [0.25, 0.3) is 11.0 Å². The lowest BCUT2D eigenvalue weighted by molar-refractivity contribution is 0.0427. The second kappa shape index (κ2) is 10.1. The van der Waals surface area contributed by atoms with Crippen LogP contribution < -0.4 is 14.4 Å². The topological polar surface area (TPSA) is 100 Å². The van der Waals surface area contributed by atoms with Gasteiger partial charge in [-0.1, -0.05) is 11.2 Å². The molecular weight excluding hydrogens is 500 g/mol. The zero-order valence-electron chi connectivity index (χ0n) is 24.3. The molecule has 0 saturated heterocycles. The molecule has 9 heteroatoms. The number of rotatable bonds is 4. The molecule has 0 radical (unpaired) electrons. The highest BCUT2D eigenvalue weighted by molar-refractivity contribution is 6.13. The van der Waals surface area contributed by atoms with Gasteiger partial charge in [-0.05, 0) is 110 Å². The number of imide groups is 1. The fraction of sp³-hybridized carbons (Fsp3) is 0.500. The SMILES string of the molecule is Cc1cc2c(N(C(=O)OC(C)(C)C)C(=O)OC(C)(C)C)noc2cc1COc1ccc2c(c1)OC(C)(C)CC2. The van der Waals surface area contributed by atoms with Gasteiger partial charge in [-0.25, -0.2) is 9.59 Å². The number of carbonyl (C=O) groups excluding carboxylic acids is 2. The van der Waals surface area contributed by atoms with E-state index in [2.05, 4.69) is 19.0 Å². The summed E-state index contributed by atoms with van der Waals surface area (Å²) in [6.45, 7) is 16.6. The maximum atomic E-state index is 13.1. The van der Waals surface area contributed by atoms with Gasteiger partial charge in [0.25, 0.3) is 0 Å². The summed E-state index contributed by atoms with van der Waals surface area (Å²) in [5.74, 6) is 1.55. The van der Waals surface area contributed by atoms with Gasteiger partial charge < -0.3 is 23.5 Å². The van der Waals surface area contributed by atoms with Crippen molar-refractivity contribution in [3.8, 4) is 11.5 Å². The van der Waals surface area contributed by atoms with Crippen molar-refractivity contribution in [2.24, 2.45) is 0 Å². The maximum Gasteiger partial charge on any atom is 0.425 e. The van der Waals surface area contributed by atoms with E-state index < -0.39 is 23.4 Å². The van der Waals surface area contributed by atoms with Crippen molar-refractivity contribution in [3.05, 3.63) is 47.0 Å². The van der Waals surface area contributed by atoms with E-state index in [4.69, 9.17) is 23.5 Å². The van der Waals surface area contributed by atoms with Crippen molar-refractivity contribution in [3.63, 3.8) is 0 Å². The summed E-state index contributed by atoms with van der Waals surface area (Å²) >= 11 is 0. The van der Waals surface area contributed by atoms with Crippen molar-refractivity contribution >= 4 is 29.0 Å². The largest absolute Gasteiger partial charge is 0.489 e. The summed E-state index contributed by atoms with van der Waals surface area (Å²) in [7, 11) is 0. The average Bonchev–Trinajstić information content (AvgIpc) is 3.16. The summed E-state index contributed by atoms with van der Waals surface area (Å²) in [5, 5.41) is 4.52. The van der Waals surface area contributed by atoms with Gasteiger partial charge in [0.05, 0.1) is 5.39 Å². The lowest BCUT2D eigenvalue weighted by Gasteiger charge is -2.32. The molecule has 9 nitrogen and oxygen atoms in total. The van der Waals surface area contributed by atoms with Gasteiger partial charge in [0.1, 0.15) is 34.9 Å². The number of aromatic nitrogens is 1. The number of hydrogen-bond acceptors (Lipinski definition) is 8. The predicted molar refractivity (Wildman–Crippen MR) is 147 cm³/mol. The maximum absolute atomic E-state index is 13.1. The number of fused-ring (bicyclic) bond motifs is 2. The van der Waals surface area contributed by atoms with E-state index in [0.29, 0.717) is 16.7 Å². The van der Waals surface area contributed by atoms with E-state index in [9.17, 15) is 9.59 Å². The zero-order valence-corrected chi connectivity index (χ0v) is 24.3. The molecule has 0 saturated carbocycles. The van der Waals surface area contributed by atoms with E-state index >= 15 is 0 Å². The lowest BCUT2D eigenvalue weighted by Crippen LogP contribution is -2.44. The van der Waals surface area contributed by atoms with Crippen molar-refractivity contribution in [1.82, 2.24) is 5.16 Å². The molecule has 0 unspecified atom stereocenters. The monoisotopic (exact) mass is 538 g/mol. The molecule has 1 aliphatic rings. The number of benzene rings is 2. The lowest BCUT2D eigenvalue weighted by atomic mass is 9.94. The highest BCUT2D eigenvalue weighted by Gasteiger charge is 2.36. The summed E-state index contributed by atoms with van der Waals surface area (Å²) in [5.41, 5.74) is 1.42. The van der Waals surface area contributed by atoms with Crippen molar-refractivity contribution in [1.29, 1.82) is 0 Å². The molecule has 2 amide bonds. The Morgan fingerprint density at radius 3 is 2.26 bits per heavy atom. The minimum Gasteiger partial charge on any atom is -0.489 e. The number of carbonyl (C=O) groups is 2. The van der Waals surface area contributed by atoms with Gasteiger partial charge in [0, 0.05) is 6.07 Å². The summed E-state index contributed by atoms with van der Waals surface area (Å²) in [4.78, 5) is 26.9. The fourth-order valence-electron chi connectivity index (χ4n) is 4.17. The highest BCUT2D eigenvalue weighted by atomic mass is 16.6. The highest BCUT2D eigenvalue weighted by Crippen LogP contribution is 2.36. The molecule has 2 aromatic carbocycles. The van der Waals surface area contributed by atoms with Gasteiger partial charge in [0.15, 0.2) is 11.4 Å². The molecule has 1 aliphatic heterocycles. The number of hydrogen-bond donors (Lipinski definition) is 0. The van der Waals surface area contributed by atoms with Gasteiger partial charge in [-0.2, -0.15) is 4.90 Å². The first-order valence-corrected chi connectivity index (χ1v) is 13.1. The molecule has 0 N–H and O–H groups in total. The van der Waals surface area contributed by atoms with Crippen LogP contribution in [0.4, 0.5) is 15.4 Å². The number of nitrogens with zero attached hydrogens (tertiary/aromatic N) is 2. The molecule has 39 heavy (non-hydrogen) atoms. The quantitative estimate of drug-likeness (QED) is 0.337. The predicted octanol–water partition coefficient (Wildman–Crippen LogP) is 7.50. The number of anilines is 1. The Bertz CT molecular complexity index is 1360. The fourth-order valence-corrected chi connectivity index (χ4v) is 4.17. The van der Waals surface area contributed by atoms with Crippen LogP contribution in [0.3, 0.4) is 0 Å². The van der Waals surface area contributed by atoms with Gasteiger partial charge in [0.2, 0.25) is 0 Å². The molecule has 0 aliphatic carbocycles. The molecule has 1 aromatic heterocycles. The second-order valence-corrected chi connectivity index (χ2v) is 12.5. The first kappa shape index (κ1) is 28.3. The molecule has 3 aromatic rings. The van der Waals surface area contributed by atoms with Crippen LogP contribution in [0, 0.1) is 6.92 Å².